The van der Waals surface area contributed by atoms with Gasteiger partial charge in [-0.2, -0.15) is 0 Å². The molecule has 1 heterocycles. The fourth-order valence-electron chi connectivity index (χ4n) is 0.494. The van der Waals surface area contributed by atoms with Crippen molar-refractivity contribution in [2.45, 2.75) is 5.03 Å². The number of hydrogen-bond donors (Lipinski definition) is 0. The van der Waals surface area contributed by atoms with Gasteiger partial charge in [-0.3, -0.25) is 4.21 Å². The maximum atomic E-state index is 10.3. The maximum Gasteiger partial charge on any atom is 1.00 e. The van der Waals surface area contributed by atoms with Crippen LogP contribution < -0.4 is 29.6 Å². The molecule has 0 aliphatic rings. The molecular weight excluding hydrogens is 241 g/mol. The van der Waals surface area contributed by atoms with Crippen LogP contribution in [0.3, 0.4) is 0 Å². The van der Waals surface area contributed by atoms with Gasteiger partial charge in [0.25, 0.3) is 0 Å². The van der Waals surface area contributed by atoms with Crippen LogP contribution in [0.15, 0.2) is 27.8 Å². The van der Waals surface area contributed by atoms with E-state index in [1.165, 1.54) is 6.20 Å². The van der Waals surface area contributed by atoms with Crippen molar-refractivity contribution in [2.24, 2.45) is 0 Å². The molecule has 1 aromatic rings. The predicted octanol–water partition coefficient (Wildman–Crippen LogP) is -1.91. The number of halogens is 1. The summed E-state index contributed by atoms with van der Waals surface area (Å²) in [5.41, 5.74) is 0. The Kier molecular flexibility index (Phi) is 5.76. The Labute approximate surface area is 97.3 Å². The minimum Gasteiger partial charge on any atom is -0.767 e. The molecule has 0 fully saturated rings. The van der Waals surface area contributed by atoms with Gasteiger partial charge in [-0.15, -0.1) is 0 Å². The smallest absolute Gasteiger partial charge is 0.767 e. The molecule has 0 radical (unpaired) electrons. The van der Waals surface area contributed by atoms with Crippen LogP contribution in [0.5, 0.6) is 0 Å². The van der Waals surface area contributed by atoms with Crippen molar-refractivity contribution in [2.75, 3.05) is 0 Å². The summed E-state index contributed by atoms with van der Waals surface area (Å²) in [6.45, 7) is 0. The summed E-state index contributed by atoms with van der Waals surface area (Å²) in [7, 11) is 0. The molecule has 1 aromatic heterocycles. The predicted molar refractivity (Wildman–Crippen MR) is 39.1 cm³/mol. The van der Waals surface area contributed by atoms with E-state index >= 15 is 0 Å². The first-order chi connectivity index (χ1) is 4.72. The van der Waals surface area contributed by atoms with Crippen molar-refractivity contribution in [1.29, 1.82) is 0 Å². The molecule has 6 heteroatoms. The second-order valence-corrected chi connectivity index (χ2v) is 3.24. The molecule has 0 aliphatic carbocycles. The second kappa shape index (κ2) is 5.40. The molecule has 11 heavy (non-hydrogen) atoms. The number of rotatable bonds is 1. The van der Waals surface area contributed by atoms with Crippen molar-refractivity contribution >= 4 is 27.0 Å². The molecule has 0 aromatic carbocycles. The monoisotopic (exact) mass is 243 g/mol. The number of hydrogen-bond acceptors (Lipinski definition) is 3. The summed E-state index contributed by atoms with van der Waals surface area (Å²) in [5, 5.41) is 0.0440. The van der Waals surface area contributed by atoms with Crippen LogP contribution in [-0.2, 0) is 11.1 Å². The summed E-state index contributed by atoms with van der Waals surface area (Å²) in [6, 6.07) is 3.28. The summed E-state index contributed by atoms with van der Waals surface area (Å²) < 4.78 is 21.1. The fourth-order valence-corrected chi connectivity index (χ4v) is 1.52. The van der Waals surface area contributed by atoms with Crippen molar-refractivity contribution in [3.8, 4) is 0 Å². The van der Waals surface area contributed by atoms with E-state index in [1.54, 1.807) is 12.1 Å². The van der Waals surface area contributed by atoms with Gasteiger partial charge < -0.3 is 4.55 Å². The van der Waals surface area contributed by atoms with E-state index in [1.807, 2.05) is 0 Å². The molecule has 54 valence electrons. The van der Waals surface area contributed by atoms with Gasteiger partial charge in [0.05, 0.1) is 4.47 Å². The van der Waals surface area contributed by atoms with Crippen LogP contribution in [0.2, 0.25) is 0 Å². The molecular formula is C5H3BrNNaO2S. The third kappa shape index (κ3) is 3.31. The normalized spacial score (nSPS) is 11.8. The molecule has 1 rings (SSSR count). The molecule has 0 spiro atoms. The minimum absolute atomic E-state index is 0. The third-order valence-electron chi connectivity index (χ3n) is 0.883. The first kappa shape index (κ1) is 11.7. The second-order valence-electron chi connectivity index (χ2n) is 1.53. The van der Waals surface area contributed by atoms with E-state index < -0.39 is 11.1 Å². The molecule has 3 nitrogen and oxygen atoms in total. The largest absolute Gasteiger partial charge is 1.00 e. The van der Waals surface area contributed by atoms with Crippen LogP contribution in [0.1, 0.15) is 0 Å². The standard InChI is InChI=1S/C5H4BrNO2S.Na/c6-4-2-1-3-7-5(4)10(8)9;/h1-3H,(H,8,9);/q;+1/p-1. The van der Waals surface area contributed by atoms with Gasteiger partial charge in [-0.25, -0.2) is 4.98 Å². The number of pyridine rings is 1. The summed E-state index contributed by atoms with van der Waals surface area (Å²) in [5.74, 6) is 0. The van der Waals surface area contributed by atoms with Gasteiger partial charge in [-0.05, 0) is 39.1 Å². The third-order valence-corrected chi connectivity index (χ3v) is 2.43. The zero-order valence-corrected chi connectivity index (χ0v) is 10.2. The van der Waals surface area contributed by atoms with Crippen LogP contribution in [0.4, 0.5) is 0 Å². The van der Waals surface area contributed by atoms with E-state index in [0.29, 0.717) is 4.47 Å². The van der Waals surface area contributed by atoms with Gasteiger partial charge in [0, 0.05) is 6.20 Å². The van der Waals surface area contributed by atoms with E-state index in [2.05, 4.69) is 20.9 Å². The van der Waals surface area contributed by atoms with E-state index in [-0.39, 0.29) is 34.6 Å². The average Bonchev–Trinajstić information content (AvgIpc) is 1.88. The maximum absolute atomic E-state index is 10.3. The van der Waals surface area contributed by atoms with Crippen molar-refractivity contribution in [3.63, 3.8) is 0 Å². The molecule has 1 unspecified atom stereocenters. The molecule has 0 aliphatic heterocycles. The van der Waals surface area contributed by atoms with Gasteiger partial charge in [0.15, 0.2) is 0 Å². The first-order valence-corrected chi connectivity index (χ1v) is 4.28. The van der Waals surface area contributed by atoms with Gasteiger partial charge >= 0.3 is 29.6 Å². The minimum atomic E-state index is -2.25. The van der Waals surface area contributed by atoms with Crippen molar-refractivity contribution < 1.29 is 38.3 Å². The molecule has 1 atom stereocenters. The molecule has 0 saturated carbocycles. The van der Waals surface area contributed by atoms with Crippen LogP contribution >= 0.6 is 15.9 Å². The Bertz CT molecular complexity index is 270. The quantitative estimate of drug-likeness (QED) is 0.427. The van der Waals surface area contributed by atoms with E-state index in [0.717, 1.165) is 0 Å². The number of aromatic nitrogens is 1. The average molecular weight is 244 g/mol. The molecule has 0 saturated heterocycles. The summed E-state index contributed by atoms with van der Waals surface area (Å²) in [4.78, 5) is 3.62. The zero-order valence-electron chi connectivity index (χ0n) is 5.78. The van der Waals surface area contributed by atoms with Gasteiger partial charge in [0.1, 0.15) is 5.03 Å². The molecule has 0 N–H and O–H groups in total. The first-order valence-electron chi connectivity index (χ1n) is 2.41. The Morgan fingerprint density at radius 2 is 2.27 bits per heavy atom. The molecule has 0 bridgehead atoms. The van der Waals surface area contributed by atoms with E-state index in [4.69, 9.17) is 0 Å². The van der Waals surface area contributed by atoms with E-state index in [9.17, 15) is 8.76 Å². The number of nitrogens with zero attached hydrogens (tertiary/aromatic N) is 1. The summed E-state index contributed by atoms with van der Waals surface area (Å²) in [6.07, 6.45) is 1.43. The molecule has 0 amide bonds. The van der Waals surface area contributed by atoms with Crippen LogP contribution in [0, 0.1) is 0 Å². The van der Waals surface area contributed by atoms with Crippen molar-refractivity contribution in [3.05, 3.63) is 22.8 Å². The summed E-state index contributed by atoms with van der Waals surface area (Å²) >= 11 is 0.793. The van der Waals surface area contributed by atoms with Gasteiger partial charge in [0.2, 0.25) is 0 Å². The van der Waals surface area contributed by atoms with Crippen molar-refractivity contribution in [1.82, 2.24) is 4.98 Å². The Balaban J connectivity index is 0.000001000. The van der Waals surface area contributed by atoms with Crippen LogP contribution in [-0.4, -0.2) is 13.7 Å². The van der Waals surface area contributed by atoms with Gasteiger partial charge in [-0.1, -0.05) is 0 Å². The Hall–Kier alpha value is 0.740. The van der Waals surface area contributed by atoms with Crippen LogP contribution in [0.25, 0.3) is 0 Å². The SMILES string of the molecule is O=S([O-])c1ncccc1Br.[Na+]. The zero-order chi connectivity index (χ0) is 7.56. The topological polar surface area (TPSA) is 53.0 Å². The Morgan fingerprint density at radius 1 is 1.64 bits per heavy atom. The fraction of sp³-hybridized carbons (Fsp3) is 0. The Morgan fingerprint density at radius 3 is 2.64 bits per heavy atom.